The van der Waals surface area contributed by atoms with Crippen LogP contribution >= 0.6 is 0 Å². The number of nitrogens with zero attached hydrogens (tertiary/aromatic N) is 2. The van der Waals surface area contributed by atoms with Gasteiger partial charge in [-0.2, -0.15) is 5.10 Å². The highest BCUT2D eigenvalue weighted by Gasteiger charge is 2.12. The Morgan fingerprint density at radius 3 is 2.46 bits per heavy atom. The van der Waals surface area contributed by atoms with Gasteiger partial charge >= 0.3 is 0 Å². The first kappa shape index (κ1) is 19.4. The summed E-state index contributed by atoms with van der Waals surface area (Å²) < 4.78 is 7.32. The molecule has 144 valence electrons. The maximum absolute atomic E-state index is 12.2. The molecule has 1 heterocycles. The molecule has 0 unspecified atom stereocenters. The Bertz CT molecular complexity index is 1030. The number of benzene rings is 2. The molecule has 2 aromatic carbocycles. The van der Waals surface area contributed by atoms with E-state index in [1.807, 2.05) is 0 Å². The Balaban J connectivity index is 1.79. The highest BCUT2D eigenvalue weighted by molar-refractivity contribution is 5.95. The van der Waals surface area contributed by atoms with Crippen LogP contribution in [0.5, 0.6) is 5.75 Å². The second-order valence-electron chi connectivity index (χ2n) is 6.81. The summed E-state index contributed by atoms with van der Waals surface area (Å²) in [5.74, 6) is 0.446. The van der Waals surface area contributed by atoms with Crippen molar-refractivity contribution in [1.29, 1.82) is 0 Å². The van der Waals surface area contributed by atoms with Crippen molar-refractivity contribution in [3.63, 3.8) is 0 Å². The molecule has 0 aliphatic heterocycles. The first-order chi connectivity index (χ1) is 13.4. The van der Waals surface area contributed by atoms with Crippen molar-refractivity contribution in [3.05, 3.63) is 82.2 Å². The first-order valence-electron chi connectivity index (χ1n) is 9.15. The lowest BCUT2D eigenvalue weighted by atomic mass is 10.1. The number of aromatic nitrogens is 1. The van der Waals surface area contributed by atoms with E-state index >= 15 is 0 Å². The topological polar surface area (TPSA) is 55.6 Å². The number of nitrogens with one attached hydrogen (secondary N) is 1. The molecule has 0 saturated heterocycles. The van der Waals surface area contributed by atoms with Gasteiger partial charge in [0.25, 0.3) is 5.91 Å². The third kappa shape index (κ3) is 3.83. The van der Waals surface area contributed by atoms with Gasteiger partial charge in [0, 0.05) is 28.2 Å². The molecule has 1 N–H and O–H groups in total. The monoisotopic (exact) mass is 375 g/mol. The Hall–Kier alpha value is -3.34. The van der Waals surface area contributed by atoms with Crippen LogP contribution in [0.3, 0.4) is 0 Å². The Labute approximate surface area is 165 Å². The molecule has 1 amide bonds. The van der Waals surface area contributed by atoms with Crippen molar-refractivity contribution in [3.8, 4) is 11.4 Å². The van der Waals surface area contributed by atoms with E-state index < -0.39 is 0 Å². The van der Waals surface area contributed by atoms with Gasteiger partial charge in [0.05, 0.1) is 13.3 Å². The highest BCUT2D eigenvalue weighted by Crippen LogP contribution is 2.24. The summed E-state index contributed by atoms with van der Waals surface area (Å²) in [7, 11) is 1.59. The van der Waals surface area contributed by atoms with E-state index in [1.54, 1.807) is 37.6 Å². The van der Waals surface area contributed by atoms with Gasteiger partial charge in [-0.25, -0.2) is 5.43 Å². The minimum absolute atomic E-state index is 0.262. The Kier molecular flexibility index (Phi) is 5.64. The SMILES string of the molecule is COc1ccc(C(=O)N/N=C/c2cc(C)n(-c3cccc(C)c3C)c2C)cc1. The van der Waals surface area contributed by atoms with E-state index in [2.05, 4.69) is 67.1 Å². The molecular formula is C23H25N3O2. The molecule has 3 aromatic rings. The maximum Gasteiger partial charge on any atom is 0.271 e. The summed E-state index contributed by atoms with van der Waals surface area (Å²) in [5, 5.41) is 4.14. The van der Waals surface area contributed by atoms with Crippen molar-refractivity contribution in [1.82, 2.24) is 9.99 Å². The average Bonchev–Trinajstić information content (AvgIpc) is 2.97. The van der Waals surface area contributed by atoms with E-state index in [-0.39, 0.29) is 5.91 Å². The van der Waals surface area contributed by atoms with Crippen LogP contribution in [0.4, 0.5) is 0 Å². The number of hydrogen-bond acceptors (Lipinski definition) is 3. The van der Waals surface area contributed by atoms with Gasteiger partial charge < -0.3 is 9.30 Å². The lowest BCUT2D eigenvalue weighted by molar-refractivity contribution is 0.0955. The second-order valence-corrected chi connectivity index (χ2v) is 6.81. The number of carbonyl (C=O) groups is 1. The summed E-state index contributed by atoms with van der Waals surface area (Å²) in [4.78, 5) is 12.2. The van der Waals surface area contributed by atoms with E-state index in [0.29, 0.717) is 11.3 Å². The van der Waals surface area contributed by atoms with Gasteiger partial charge in [0.15, 0.2) is 0 Å². The molecule has 0 atom stereocenters. The third-order valence-corrected chi connectivity index (χ3v) is 5.01. The zero-order valence-electron chi connectivity index (χ0n) is 16.9. The molecule has 0 bridgehead atoms. The van der Waals surface area contributed by atoms with Gasteiger partial charge in [-0.05, 0) is 75.2 Å². The molecule has 0 aliphatic rings. The van der Waals surface area contributed by atoms with Crippen LogP contribution in [-0.2, 0) is 0 Å². The minimum Gasteiger partial charge on any atom is -0.497 e. The largest absolute Gasteiger partial charge is 0.497 e. The third-order valence-electron chi connectivity index (χ3n) is 5.01. The van der Waals surface area contributed by atoms with Gasteiger partial charge in [-0.3, -0.25) is 4.79 Å². The number of hydrogen-bond donors (Lipinski definition) is 1. The van der Waals surface area contributed by atoms with Crippen LogP contribution in [0.2, 0.25) is 0 Å². The highest BCUT2D eigenvalue weighted by atomic mass is 16.5. The number of methoxy groups -OCH3 is 1. The standard InChI is InChI=1S/C23H25N3O2/c1-15-7-6-8-22(17(15)3)26-16(2)13-20(18(26)4)14-24-25-23(27)19-9-11-21(28-5)12-10-19/h6-14H,1-5H3,(H,25,27)/b24-14+. The van der Waals surface area contributed by atoms with Gasteiger partial charge in [-0.15, -0.1) is 0 Å². The van der Waals surface area contributed by atoms with Crippen molar-refractivity contribution >= 4 is 12.1 Å². The fourth-order valence-corrected chi connectivity index (χ4v) is 3.23. The fraction of sp³-hybridized carbons (Fsp3) is 0.217. The Morgan fingerprint density at radius 2 is 1.79 bits per heavy atom. The van der Waals surface area contributed by atoms with Gasteiger partial charge in [-0.1, -0.05) is 12.1 Å². The quantitative estimate of drug-likeness (QED) is 0.528. The molecule has 0 radical (unpaired) electrons. The lowest BCUT2D eigenvalue weighted by Crippen LogP contribution is -2.17. The molecule has 0 spiro atoms. The number of amides is 1. The van der Waals surface area contributed by atoms with Crippen LogP contribution in [0.1, 0.15) is 38.4 Å². The van der Waals surface area contributed by atoms with Crippen molar-refractivity contribution < 1.29 is 9.53 Å². The molecule has 5 heteroatoms. The predicted molar refractivity (Wildman–Crippen MR) is 113 cm³/mol. The van der Waals surface area contributed by atoms with E-state index in [9.17, 15) is 4.79 Å². The normalized spacial score (nSPS) is 11.0. The van der Waals surface area contributed by atoms with Crippen LogP contribution in [0.15, 0.2) is 53.6 Å². The zero-order valence-corrected chi connectivity index (χ0v) is 16.9. The minimum atomic E-state index is -0.262. The van der Waals surface area contributed by atoms with Crippen molar-refractivity contribution in [2.45, 2.75) is 27.7 Å². The molecule has 0 saturated carbocycles. The fourth-order valence-electron chi connectivity index (χ4n) is 3.23. The van der Waals surface area contributed by atoms with Crippen molar-refractivity contribution in [2.75, 3.05) is 7.11 Å². The van der Waals surface area contributed by atoms with Crippen LogP contribution < -0.4 is 10.2 Å². The summed E-state index contributed by atoms with van der Waals surface area (Å²) in [5.41, 5.74) is 9.94. The number of aryl methyl sites for hydroxylation is 2. The zero-order chi connectivity index (χ0) is 20.3. The summed E-state index contributed by atoms with van der Waals surface area (Å²) in [6.07, 6.45) is 1.69. The van der Waals surface area contributed by atoms with Crippen LogP contribution in [-0.4, -0.2) is 23.8 Å². The Morgan fingerprint density at radius 1 is 1.07 bits per heavy atom. The lowest BCUT2D eigenvalue weighted by Gasteiger charge is -2.14. The molecular weight excluding hydrogens is 350 g/mol. The van der Waals surface area contributed by atoms with E-state index in [1.165, 1.54) is 11.1 Å². The van der Waals surface area contributed by atoms with Crippen molar-refractivity contribution in [2.24, 2.45) is 5.10 Å². The van der Waals surface area contributed by atoms with Crippen LogP contribution in [0, 0.1) is 27.7 Å². The number of hydrazone groups is 1. The summed E-state index contributed by atoms with van der Waals surface area (Å²) in [6, 6.07) is 15.3. The van der Waals surface area contributed by atoms with E-state index in [0.717, 1.165) is 22.6 Å². The van der Waals surface area contributed by atoms with E-state index in [4.69, 9.17) is 4.74 Å². The second kappa shape index (κ2) is 8.13. The first-order valence-corrected chi connectivity index (χ1v) is 9.15. The molecule has 28 heavy (non-hydrogen) atoms. The van der Waals surface area contributed by atoms with Gasteiger partial charge in [0.2, 0.25) is 0 Å². The maximum atomic E-state index is 12.2. The van der Waals surface area contributed by atoms with Crippen LogP contribution in [0.25, 0.3) is 5.69 Å². The molecule has 0 fully saturated rings. The number of carbonyl (C=O) groups excluding carboxylic acids is 1. The predicted octanol–water partition coefficient (Wildman–Crippen LogP) is 4.48. The molecule has 5 nitrogen and oxygen atoms in total. The summed E-state index contributed by atoms with van der Waals surface area (Å²) >= 11 is 0. The summed E-state index contributed by atoms with van der Waals surface area (Å²) in [6.45, 7) is 8.37. The smallest absolute Gasteiger partial charge is 0.271 e. The number of rotatable bonds is 5. The molecule has 3 rings (SSSR count). The molecule has 0 aliphatic carbocycles. The molecule has 1 aromatic heterocycles. The number of ether oxygens (including phenoxy) is 1. The van der Waals surface area contributed by atoms with Gasteiger partial charge in [0.1, 0.15) is 5.75 Å². The average molecular weight is 375 g/mol.